The van der Waals surface area contributed by atoms with Crippen LogP contribution in [0.2, 0.25) is 0 Å². The van der Waals surface area contributed by atoms with E-state index in [1.807, 2.05) is 66.7 Å². The Bertz CT molecular complexity index is 1150. The molecule has 4 aromatic carbocycles. The molecule has 0 aliphatic heterocycles. The average Bonchev–Trinajstić information content (AvgIpc) is 2.74. The molecule has 0 fully saturated rings. The van der Waals surface area contributed by atoms with Gasteiger partial charge in [-0.15, -0.1) is 12.6 Å². The van der Waals surface area contributed by atoms with E-state index in [-0.39, 0.29) is 0 Å². The van der Waals surface area contributed by atoms with Gasteiger partial charge in [0.05, 0.1) is 16.3 Å². The molecule has 144 valence electrons. The van der Waals surface area contributed by atoms with Gasteiger partial charge in [-0.1, -0.05) is 54.6 Å². The minimum Gasteiger partial charge on any atom is -0.451 e. The molecular weight excluding hydrogens is 380 g/mol. The largest absolute Gasteiger partial charge is 0.451 e. The Morgan fingerprint density at radius 1 is 0.552 bits per heavy atom. The lowest BCUT2D eigenvalue weighted by Gasteiger charge is -2.18. The molecule has 0 bridgehead atoms. The Hall–Kier alpha value is -3.57. The van der Waals surface area contributed by atoms with Gasteiger partial charge < -0.3 is 20.9 Å². The van der Waals surface area contributed by atoms with E-state index in [1.165, 1.54) is 0 Å². The first-order valence-electron chi connectivity index (χ1n) is 9.09. The van der Waals surface area contributed by atoms with Crippen LogP contribution in [0.3, 0.4) is 0 Å². The first kappa shape index (κ1) is 18.8. The fraction of sp³-hybridized carbons (Fsp3) is 0. The van der Waals surface area contributed by atoms with E-state index >= 15 is 0 Å². The molecule has 0 unspecified atom stereocenters. The van der Waals surface area contributed by atoms with Crippen molar-refractivity contribution < 1.29 is 9.47 Å². The Balaban J connectivity index is 1.83. The molecule has 0 atom stereocenters. The van der Waals surface area contributed by atoms with Crippen molar-refractivity contribution in [2.45, 2.75) is 4.90 Å². The lowest BCUT2D eigenvalue weighted by Crippen LogP contribution is -1.97. The highest BCUT2D eigenvalue weighted by molar-refractivity contribution is 7.80. The summed E-state index contributed by atoms with van der Waals surface area (Å²) in [5.74, 6) is 2.03. The molecule has 0 aliphatic carbocycles. The summed E-state index contributed by atoms with van der Waals surface area (Å²) in [7, 11) is 0. The third-order valence-corrected chi connectivity index (χ3v) is 4.89. The zero-order valence-electron chi connectivity index (χ0n) is 15.6. The van der Waals surface area contributed by atoms with Gasteiger partial charge in [0.25, 0.3) is 0 Å². The van der Waals surface area contributed by atoms with Gasteiger partial charge in [-0.2, -0.15) is 0 Å². The first-order valence-corrected chi connectivity index (χ1v) is 9.54. The highest BCUT2D eigenvalue weighted by atomic mass is 32.1. The summed E-state index contributed by atoms with van der Waals surface area (Å²) in [6.07, 6.45) is 0. The molecule has 0 aliphatic rings. The second-order valence-electron chi connectivity index (χ2n) is 6.43. The molecule has 0 saturated carbocycles. The van der Waals surface area contributed by atoms with E-state index in [0.717, 1.165) is 11.1 Å². The summed E-state index contributed by atoms with van der Waals surface area (Å²) < 4.78 is 12.3. The van der Waals surface area contributed by atoms with Crippen molar-refractivity contribution in [3.63, 3.8) is 0 Å². The molecule has 0 spiro atoms. The van der Waals surface area contributed by atoms with E-state index in [0.29, 0.717) is 39.3 Å². The van der Waals surface area contributed by atoms with E-state index in [9.17, 15) is 0 Å². The van der Waals surface area contributed by atoms with Crippen molar-refractivity contribution in [1.82, 2.24) is 0 Å². The number of rotatable bonds is 5. The molecule has 0 radical (unpaired) electrons. The minimum atomic E-state index is 0.468. The topological polar surface area (TPSA) is 70.5 Å². The Morgan fingerprint density at radius 2 is 1.10 bits per heavy atom. The van der Waals surface area contributed by atoms with Gasteiger partial charge in [-0.05, 0) is 47.5 Å². The number of benzene rings is 4. The first-order chi connectivity index (χ1) is 14.1. The average molecular weight is 401 g/mol. The predicted octanol–water partition coefficient (Wildman–Crippen LogP) is 6.39. The van der Waals surface area contributed by atoms with Crippen LogP contribution in [0.4, 0.5) is 11.4 Å². The number of hydrogen-bond donors (Lipinski definition) is 3. The molecule has 4 nitrogen and oxygen atoms in total. The lowest BCUT2D eigenvalue weighted by molar-refractivity contribution is 0.413. The van der Waals surface area contributed by atoms with Crippen molar-refractivity contribution in [3.05, 3.63) is 91.0 Å². The SMILES string of the molecule is Nc1ccccc1Oc1ccc(-c2ccccc2)c(S)c1Oc1ccccc1N. The highest BCUT2D eigenvalue weighted by Crippen LogP contribution is 2.45. The van der Waals surface area contributed by atoms with Gasteiger partial charge in [0, 0.05) is 0 Å². The molecule has 5 heteroatoms. The second-order valence-corrected chi connectivity index (χ2v) is 6.88. The van der Waals surface area contributed by atoms with E-state index < -0.39 is 0 Å². The smallest absolute Gasteiger partial charge is 0.183 e. The highest BCUT2D eigenvalue weighted by Gasteiger charge is 2.18. The van der Waals surface area contributed by atoms with Gasteiger partial charge in [0.15, 0.2) is 23.0 Å². The van der Waals surface area contributed by atoms with Crippen molar-refractivity contribution in [3.8, 4) is 34.1 Å². The summed E-state index contributed by atoms with van der Waals surface area (Å²) in [5, 5.41) is 0. The van der Waals surface area contributed by atoms with E-state index in [2.05, 4.69) is 0 Å². The van der Waals surface area contributed by atoms with Crippen LogP contribution < -0.4 is 20.9 Å². The number of hydrogen-bond acceptors (Lipinski definition) is 5. The summed E-state index contributed by atoms with van der Waals surface area (Å²) in [4.78, 5) is 0.645. The summed E-state index contributed by atoms with van der Waals surface area (Å²) in [6.45, 7) is 0. The number of thiol groups is 1. The van der Waals surface area contributed by atoms with Crippen molar-refractivity contribution >= 4 is 24.0 Å². The van der Waals surface area contributed by atoms with Crippen LogP contribution in [0.5, 0.6) is 23.0 Å². The molecule has 4 N–H and O–H groups in total. The number of ether oxygens (including phenoxy) is 2. The van der Waals surface area contributed by atoms with Crippen molar-refractivity contribution in [1.29, 1.82) is 0 Å². The summed E-state index contributed by atoms with van der Waals surface area (Å²) in [5.41, 5.74) is 15.1. The van der Waals surface area contributed by atoms with Crippen molar-refractivity contribution in [2.75, 3.05) is 11.5 Å². The molecule has 4 aromatic rings. The van der Waals surface area contributed by atoms with Crippen LogP contribution in [0.1, 0.15) is 0 Å². The number of nitrogen functional groups attached to an aromatic ring is 2. The molecule has 0 heterocycles. The number of para-hydroxylation sites is 4. The zero-order chi connectivity index (χ0) is 20.2. The summed E-state index contributed by atoms with van der Waals surface area (Å²) >= 11 is 4.77. The Kier molecular flexibility index (Phi) is 5.31. The molecule has 4 rings (SSSR count). The van der Waals surface area contributed by atoms with E-state index in [4.69, 9.17) is 33.6 Å². The van der Waals surface area contributed by atoms with Crippen LogP contribution in [-0.2, 0) is 0 Å². The van der Waals surface area contributed by atoms with Gasteiger partial charge in [-0.3, -0.25) is 0 Å². The molecule has 0 aromatic heterocycles. The summed E-state index contributed by atoms with van der Waals surface area (Å²) in [6, 6.07) is 28.4. The monoisotopic (exact) mass is 400 g/mol. The molecule has 29 heavy (non-hydrogen) atoms. The standard InChI is InChI=1S/C24H20N2O2S/c25-18-10-4-6-12-20(18)27-22-15-14-17(16-8-2-1-3-9-16)24(29)23(22)28-21-13-7-5-11-19(21)26/h1-15,29H,25-26H2. The van der Waals surface area contributed by atoms with Gasteiger partial charge >= 0.3 is 0 Å². The van der Waals surface area contributed by atoms with Crippen LogP contribution in [0.25, 0.3) is 11.1 Å². The van der Waals surface area contributed by atoms with Gasteiger partial charge in [0.2, 0.25) is 0 Å². The number of nitrogens with two attached hydrogens (primary N) is 2. The quantitative estimate of drug-likeness (QED) is 0.268. The minimum absolute atomic E-state index is 0.468. The maximum Gasteiger partial charge on any atom is 0.183 e. The lowest BCUT2D eigenvalue weighted by atomic mass is 10.0. The second kappa shape index (κ2) is 8.20. The molecule has 0 amide bonds. The van der Waals surface area contributed by atoms with Crippen LogP contribution in [0, 0.1) is 0 Å². The van der Waals surface area contributed by atoms with Gasteiger partial charge in [0.1, 0.15) is 0 Å². The third-order valence-electron chi connectivity index (χ3n) is 4.45. The third kappa shape index (κ3) is 4.00. The van der Waals surface area contributed by atoms with Crippen LogP contribution in [-0.4, -0.2) is 0 Å². The maximum atomic E-state index is 6.18. The Morgan fingerprint density at radius 3 is 1.72 bits per heavy atom. The van der Waals surface area contributed by atoms with Crippen molar-refractivity contribution in [2.24, 2.45) is 0 Å². The van der Waals surface area contributed by atoms with Crippen LogP contribution >= 0.6 is 12.6 Å². The Labute approximate surface area is 175 Å². The maximum absolute atomic E-state index is 6.18. The van der Waals surface area contributed by atoms with Crippen LogP contribution in [0.15, 0.2) is 95.9 Å². The van der Waals surface area contributed by atoms with Gasteiger partial charge in [-0.25, -0.2) is 0 Å². The normalized spacial score (nSPS) is 10.5. The predicted molar refractivity (Wildman–Crippen MR) is 121 cm³/mol. The fourth-order valence-electron chi connectivity index (χ4n) is 2.96. The number of anilines is 2. The fourth-order valence-corrected chi connectivity index (χ4v) is 3.32. The molecular formula is C24H20N2O2S. The van der Waals surface area contributed by atoms with E-state index in [1.54, 1.807) is 24.3 Å². The zero-order valence-corrected chi connectivity index (χ0v) is 16.5. The molecule has 0 saturated heterocycles.